The second kappa shape index (κ2) is 12.1. The molecule has 0 saturated heterocycles. The molecule has 1 aliphatic rings. The number of nitrogens with zero attached hydrogens (tertiary/aromatic N) is 2. The normalized spacial score (nSPS) is 13.1. The highest BCUT2D eigenvalue weighted by molar-refractivity contribution is 6.14. The van der Waals surface area contributed by atoms with Crippen LogP contribution in [0.25, 0.3) is 99.2 Å². The zero-order valence-electron chi connectivity index (χ0n) is 30.7. The van der Waals surface area contributed by atoms with Gasteiger partial charge in [0, 0.05) is 22.1 Å². The van der Waals surface area contributed by atoms with Gasteiger partial charge in [0.15, 0.2) is 5.82 Å². The van der Waals surface area contributed by atoms with E-state index in [2.05, 4.69) is 196 Å². The van der Waals surface area contributed by atoms with Crippen LogP contribution in [-0.2, 0) is 5.41 Å². The monoisotopic (exact) mass is 700 g/mol. The molecule has 0 bridgehead atoms. The van der Waals surface area contributed by atoms with Crippen LogP contribution in [0.3, 0.4) is 0 Å². The third-order valence-corrected chi connectivity index (χ3v) is 11.9. The van der Waals surface area contributed by atoms with Gasteiger partial charge in [0.05, 0.1) is 11.4 Å². The van der Waals surface area contributed by atoms with E-state index in [1.54, 1.807) is 0 Å². The fourth-order valence-electron chi connectivity index (χ4n) is 9.08. The summed E-state index contributed by atoms with van der Waals surface area (Å²) in [5.74, 6) is 0.716. The molecule has 1 aliphatic carbocycles. The molecule has 0 aliphatic heterocycles. The number of fused-ring (bicyclic) bond motifs is 8. The van der Waals surface area contributed by atoms with Gasteiger partial charge in [-0.2, -0.15) is 0 Å². The fourth-order valence-corrected chi connectivity index (χ4v) is 9.08. The van der Waals surface area contributed by atoms with Crippen molar-refractivity contribution in [2.75, 3.05) is 0 Å². The maximum Gasteiger partial charge on any atom is 0.161 e. The van der Waals surface area contributed by atoms with Crippen LogP contribution in [0.4, 0.5) is 0 Å². The highest BCUT2D eigenvalue weighted by atomic mass is 14.9. The molecule has 258 valence electrons. The van der Waals surface area contributed by atoms with Gasteiger partial charge < -0.3 is 0 Å². The van der Waals surface area contributed by atoms with Crippen molar-refractivity contribution in [1.29, 1.82) is 0 Å². The maximum absolute atomic E-state index is 5.41. The third-order valence-electron chi connectivity index (χ3n) is 11.9. The van der Waals surface area contributed by atoms with E-state index >= 15 is 0 Å². The van der Waals surface area contributed by atoms with Crippen molar-refractivity contribution in [2.24, 2.45) is 0 Å². The summed E-state index contributed by atoms with van der Waals surface area (Å²) in [6.45, 7) is 4.71. The largest absolute Gasteiger partial charge is 0.228 e. The van der Waals surface area contributed by atoms with E-state index in [0.717, 1.165) is 33.5 Å². The molecule has 0 atom stereocenters. The standard InChI is InChI=1S/C53H36N2/c1-53(2)48-27-24-37(29-45(48)46-28-34-16-6-7-17-35(34)31-49(46)53)39-25-26-44(42-22-12-10-21-41(39)42)52-54-50(33-14-4-3-5-15-33)32-51(55-52)47-30-36-18-8-9-19-38(36)40-20-11-13-23-43(40)47/h3-32H,1-2H3. The van der Waals surface area contributed by atoms with Crippen LogP contribution in [0.1, 0.15) is 25.0 Å². The second-order valence-corrected chi connectivity index (χ2v) is 15.4. The molecule has 2 nitrogen and oxygen atoms in total. The smallest absolute Gasteiger partial charge is 0.161 e. The van der Waals surface area contributed by atoms with E-state index in [1.165, 1.54) is 71.1 Å². The fraction of sp³-hybridized carbons (Fsp3) is 0.0566. The van der Waals surface area contributed by atoms with Gasteiger partial charge in [-0.15, -0.1) is 0 Å². The Hall–Kier alpha value is -6.90. The van der Waals surface area contributed by atoms with Crippen molar-refractivity contribution in [1.82, 2.24) is 9.97 Å². The molecular weight excluding hydrogens is 665 g/mol. The van der Waals surface area contributed by atoms with Crippen LogP contribution < -0.4 is 0 Å². The Morgan fingerprint density at radius 3 is 1.64 bits per heavy atom. The topological polar surface area (TPSA) is 25.8 Å². The number of hydrogen-bond donors (Lipinski definition) is 0. The summed E-state index contributed by atoms with van der Waals surface area (Å²) in [5, 5.41) is 9.72. The number of rotatable bonds is 4. The maximum atomic E-state index is 5.41. The summed E-state index contributed by atoms with van der Waals surface area (Å²) in [4.78, 5) is 10.7. The minimum Gasteiger partial charge on any atom is -0.228 e. The van der Waals surface area contributed by atoms with Crippen LogP contribution >= 0.6 is 0 Å². The highest BCUT2D eigenvalue weighted by Crippen LogP contribution is 2.51. The SMILES string of the molecule is CC1(C)c2ccc(-c3ccc(-c4nc(-c5ccccc5)cc(-c5cc6ccccc6c6ccccc56)n4)c4ccccc34)cc2-c2cc3ccccc3cc21. The second-order valence-electron chi connectivity index (χ2n) is 15.4. The van der Waals surface area contributed by atoms with Gasteiger partial charge in [-0.1, -0.05) is 159 Å². The molecule has 0 N–H and O–H groups in total. The van der Waals surface area contributed by atoms with Gasteiger partial charge in [-0.05, 0) is 113 Å². The van der Waals surface area contributed by atoms with Gasteiger partial charge in [0.1, 0.15) is 0 Å². The molecule has 0 radical (unpaired) electrons. The van der Waals surface area contributed by atoms with E-state index in [1.807, 2.05) is 0 Å². The van der Waals surface area contributed by atoms with E-state index in [-0.39, 0.29) is 5.41 Å². The number of hydrogen-bond acceptors (Lipinski definition) is 2. The molecule has 10 aromatic rings. The molecule has 0 unspecified atom stereocenters. The lowest BCUT2D eigenvalue weighted by Crippen LogP contribution is -2.14. The molecule has 1 aromatic heterocycles. The van der Waals surface area contributed by atoms with E-state index < -0.39 is 0 Å². The Balaban J connectivity index is 1.11. The van der Waals surface area contributed by atoms with Crippen molar-refractivity contribution in [3.63, 3.8) is 0 Å². The van der Waals surface area contributed by atoms with Crippen molar-refractivity contribution in [3.05, 3.63) is 193 Å². The van der Waals surface area contributed by atoms with Crippen molar-refractivity contribution in [2.45, 2.75) is 19.3 Å². The molecule has 55 heavy (non-hydrogen) atoms. The van der Waals surface area contributed by atoms with Gasteiger partial charge in [-0.25, -0.2) is 9.97 Å². The Morgan fingerprint density at radius 2 is 0.873 bits per heavy atom. The molecule has 11 rings (SSSR count). The van der Waals surface area contributed by atoms with Gasteiger partial charge in [0.25, 0.3) is 0 Å². The summed E-state index contributed by atoms with van der Waals surface area (Å²) >= 11 is 0. The number of aromatic nitrogens is 2. The lowest BCUT2D eigenvalue weighted by Gasteiger charge is -2.22. The summed E-state index contributed by atoms with van der Waals surface area (Å²) in [5.41, 5.74) is 12.8. The first-order chi connectivity index (χ1) is 27.0. The molecule has 9 aromatic carbocycles. The molecule has 2 heteroatoms. The van der Waals surface area contributed by atoms with E-state index in [0.29, 0.717) is 5.82 Å². The average Bonchev–Trinajstić information content (AvgIpc) is 3.46. The van der Waals surface area contributed by atoms with Gasteiger partial charge >= 0.3 is 0 Å². The van der Waals surface area contributed by atoms with Gasteiger partial charge in [0.2, 0.25) is 0 Å². The molecule has 0 spiro atoms. The van der Waals surface area contributed by atoms with Crippen molar-refractivity contribution < 1.29 is 0 Å². The zero-order valence-corrected chi connectivity index (χ0v) is 30.7. The van der Waals surface area contributed by atoms with Crippen LogP contribution in [0, 0.1) is 0 Å². The first-order valence-electron chi connectivity index (χ1n) is 19.1. The van der Waals surface area contributed by atoms with Crippen LogP contribution in [0.2, 0.25) is 0 Å². The van der Waals surface area contributed by atoms with Crippen molar-refractivity contribution >= 4 is 43.1 Å². The van der Waals surface area contributed by atoms with Gasteiger partial charge in [-0.3, -0.25) is 0 Å². The predicted octanol–water partition coefficient (Wildman–Crippen LogP) is 14.1. The highest BCUT2D eigenvalue weighted by Gasteiger charge is 2.36. The lowest BCUT2D eigenvalue weighted by atomic mass is 9.81. The first-order valence-corrected chi connectivity index (χ1v) is 19.1. The Morgan fingerprint density at radius 1 is 0.327 bits per heavy atom. The van der Waals surface area contributed by atoms with E-state index in [4.69, 9.17) is 9.97 Å². The molecular formula is C53H36N2. The minimum atomic E-state index is -0.0751. The lowest BCUT2D eigenvalue weighted by molar-refractivity contribution is 0.661. The summed E-state index contributed by atoms with van der Waals surface area (Å²) in [6, 6.07) is 66.0. The molecule has 0 amide bonds. The molecule has 1 heterocycles. The summed E-state index contributed by atoms with van der Waals surface area (Å²) in [6.07, 6.45) is 0. The molecule has 0 fully saturated rings. The Bertz CT molecular complexity index is 3170. The summed E-state index contributed by atoms with van der Waals surface area (Å²) in [7, 11) is 0. The average molecular weight is 701 g/mol. The molecule has 0 saturated carbocycles. The Kier molecular flexibility index (Phi) is 6.93. The minimum absolute atomic E-state index is 0.0751. The Labute approximate surface area is 320 Å². The van der Waals surface area contributed by atoms with Crippen LogP contribution in [0.15, 0.2) is 182 Å². The number of benzene rings is 9. The summed E-state index contributed by atoms with van der Waals surface area (Å²) < 4.78 is 0. The quantitative estimate of drug-likeness (QED) is 0.171. The first kappa shape index (κ1) is 31.6. The zero-order chi connectivity index (χ0) is 36.7. The van der Waals surface area contributed by atoms with Crippen LogP contribution in [0.5, 0.6) is 0 Å². The predicted molar refractivity (Wildman–Crippen MR) is 231 cm³/mol. The van der Waals surface area contributed by atoms with Crippen LogP contribution in [-0.4, -0.2) is 9.97 Å². The third kappa shape index (κ3) is 4.95. The van der Waals surface area contributed by atoms with E-state index in [9.17, 15) is 0 Å². The van der Waals surface area contributed by atoms with Crippen molar-refractivity contribution in [3.8, 4) is 56.2 Å².